The molecule has 0 spiro atoms. The Morgan fingerprint density at radius 3 is 2.88 bits per heavy atom. The van der Waals surface area contributed by atoms with Gasteiger partial charge in [-0.25, -0.2) is 14.9 Å². The number of rotatable bonds is 3. The second-order valence-electron chi connectivity index (χ2n) is 5.01. The van der Waals surface area contributed by atoms with Gasteiger partial charge in [0.15, 0.2) is 16.7 Å². The third kappa shape index (κ3) is 2.98. The van der Waals surface area contributed by atoms with Crippen molar-refractivity contribution in [1.29, 1.82) is 10.9 Å². The third-order valence-electron chi connectivity index (χ3n) is 3.50. The molecule has 0 saturated carbocycles. The van der Waals surface area contributed by atoms with Crippen molar-refractivity contribution < 1.29 is 4.39 Å². The highest BCUT2D eigenvalue weighted by molar-refractivity contribution is 7.11. The van der Waals surface area contributed by atoms with Crippen molar-refractivity contribution in [1.82, 2.24) is 10.3 Å². The molecule has 24 heavy (non-hydrogen) atoms. The number of nitrogens with zero attached hydrogens (tertiary/aromatic N) is 3. The van der Waals surface area contributed by atoms with Gasteiger partial charge in [0.25, 0.3) is 0 Å². The van der Waals surface area contributed by atoms with Gasteiger partial charge in [0.05, 0.1) is 0 Å². The van der Waals surface area contributed by atoms with E-state index in [1.807, 2.05) is 5.38 Å². The Morgan fingerprint density at radius 2 is 2.25 bits per heavy atom. The molecule has 0 saturated heterocycles. The van der Waals surface area contributed by atoms with E-state index in [9.17, 15) is 4.39 Å². The molecule has 2 heterocycles. The lowest BCUT2D eigenvalue weighted by Gasteiger charge is -2.26. The molecule has 1 aromatic heterocycles. The van der Waals surface area contributed by atoms with Crippen LogP contribution in [-0.2, 0) is 0 Å². The fourth-order valence-electron chi connectivity index (χ4n) is 2.44. The van der Waals surface area contributed by atoms with Crippen LogP contribution in [0.5, 0.6) is 0 Å². The second-order valence-corrected chi connectivity index (χ2v) is 6.31. The van der Waals surface area contributed by atoms with Crippen LogP contribution in [0.25, 0.3) is 0 Å². The highest BCUT2D eigenvalue weighted by atomic mass is 35.5. The molecule has 2 aromatic rings. The molecule has 0 bridgehead atoms. The van der Waals surface area contributed by atoms with E-state index in [2.05, 4.69) is 20.4 Å². The summed E-state index contributed by atoms with van der Waals surface area (Å²) in [5.74, 6) is -0.147. The largest absolute Gasteiger partial charge is 0.341 e. The highest BCUT2D eigenvalue weighted by Gasteiger charge is 2.29. The standard InChI is InChI=1S/C15H12ClFN6S/c1-7-11(13(18)23-19)12(9-3-2-8(17)6-10(9)16)22-14(21-7)15-20-4-5-24-15/h2-6,12,18-19H,1H3,(H,21,22). The maximum atomic E-state index is 13.4. The minimum absolute atomic E-state index is 0.201. The summed E-state index contributed by atoms with van der Waals surface area (Å²) >= 11 is 7.60. The van der Waals surface area contributed by atoms with Crippen LogP contribution >= 0.6 is 22.9 Å². The van der Waals surface area contributed by atoms with Gasteiger partial charge in [0, 0.05) is 33.4 Å². The van der Waals surface area contributed by atoms with Crippen molar-refractivity contribution in [2.75, 3.05) is 0 Å². The van der Waals surface area contributed by atoms with Gasteiger partial charge >= 0.3 is 0 Å². The quantitative estimate of drug-likeness (QED) is 0.431. The van der Waals surface area contributed by atoms with Gasteiger partial charge in [-0.3, -0.25) is 10.4 Å². The van der Waals surface area contributed by atoms with Gasteiger partial charge < -0.3 is 5.32 Å². The Hall–Kier alpha value is -2.45. The van der Waals surface area contributed by atoms with Gasteiger partial charge in [-0.15, -0.1) is 16.5 Å². The summed E-state index contributed by atoms with van der Waals surface area (Å²) in [5.41, 5.74) is 8.73. The zero-order chi connectivity index (χ0) is 17.3. The number of nitrogens with one attached hydrogen (secondary N) is 3. The smallest absolute Gasteiger partial charge is 0.173 e. The third-order valence-corrected chi connectivity index (χ3v) is 4.61. The Kier molecular flexibility index (Phi) is 4.50. The lowest BCUT2D eigenvalue weighted by atomic mass is 9.95. The van der Waals surface area contributed by atoms with E-state index in [1.165, 1.54) is 29.5 Å². The number of aromatic nitrogens is 1. The van der Waals surface area contributed by atoms with Gasteiger partial charge in [0.2, 0.25) is 0 Å². The summed E-state index contributed by atoms with van der Waals surface area (Å²) in [6, 6.07) is 3.35. The summed E-state index contributed by atoms with van der Waals surface area (Å²) in [6.07, 6.45) is 1.67. The fraction of sp³-hybridized carbons (Fsp3) is 0.133. The molecule has 3 N–H and O–H groups in total. The van der Waals surface area contributed by atoms with Crippen molar-refractivity contribution >= 4 is 34.6 Å². The monoisotopic (exact) mass is 362 g/mol. The Morgan fingerprint density at radius 1 is 1.46 bits per heavy atom. The first kappa shape index (κ1) is 16.4. The van der Waals surface area contributed by atoms with Gasteiger partial charge in [0.1, 0.15) is 11.9 Å². The number of hydrogen-bond acceptors (Lipinski definition) is 6. The maximum Gasteiger partial charge on any atom is 0.173 e. The molecule has 1 unspecified atom stereocenters. The zero-order valence-corrected chi connectivity index (χ0v) is 14.0. The van der Waals surface area contributed by atoms with Gasteiger partial charge in [-0.05, 0) is 19.1 Å². The van der Waals surface area contributed by atoms with Gasteiger partial charge in [-0.2, -0.15) is 0 Å². The van der Waals surface area contributed by atoms with Crippen molar-refractivity contribution in [3.05, 3.63) is 62.5 Å². The van der Waals surface area contributed by atoms with Crippen molar-refractivity contribution in [2.24, 2.45) is 10.1 Å². The summed E-state index contributed by atoms with van der Waals surface area (Å²) in [6.45, 7) is 1.77. The average Bonchev–Trinajstić information content (AvgIpc) is 3.08. The van der Waals surface area contributed by atoms with E-state index in [0.717, 1.165) is 0 Å². The van der Waals surface area contributed by atoms with Crippen LogP contribution in [-0.4, -0.2) is 16.7 Å². The maximum absolute atomic E-state index is 13.4. The molecule has 3 rings (SSSR count). The molecule has 0 fully saturated rings. The minimum Gasteiger partial charge on any atom is -0.341 e. The first-order valence-corrected chi connectivity index (χ1v) is 8.13. The Bertz CT molecular complexity index is 874. The number of hydrogen-bond donors (Lipinski definition) is 3. The van der Waals surface area contributed by atoms with E-state index in [-0.39, 0.29) is 10.9 Å². The van der Waals surface area contributed by atoms with Crippen LogP contribution < -0.4 is 5.32 Å². The van der Waals surface area contributed by atoms with Crippen molar-refractivity contribution in [3.8, 4) is 0 Å². The summed E-state index contributed by atoms with van der Waals surface area (Å²) in [5, 5.41) is 17.0. The first-order chi connectivity index (χ1) is 11.5. The lowest BCUT2D eigenvalue weighted by Crippen LogP contribution is -2.31. The molecule has 0 aliphatic carbocycles. The summed E-state index contributed by atoms with van der Waals surface area (Å²) in [7, 11) is 0. The van der Waals surface area contributed by atoms with Crippen molar-refractivity contribution in [3.63, 3.8) is 0 Å². The molecular formula is C15H12ClFN6S. The topological polar surface area (TPSA) is 97.3 Å². The summed E-state index contributed by atoms with van der Waals surface area (Å²) in [4.78, 5) is 8.81. The number of aliphatic imine (C=N–C) groups is 1. The number of thiazole rings is 1. The molecule has 6 nitrogen and oxygen atoms in total. The number of benzene rings is 1. The Balaban J connectivity index is 2.16. The van der Waals surface area contributed by atoms with E-state index in [4.69, 9.17) is 22.5 Å². The number of amidine groups is 2. The molecule has 1 aliphatic heterocycles. The number of allylic oxidation sites excluding steroid dienone is 1. The molecule has 1 atom stereocenters. The lowest BCUT2D eigenvalue weighted by molar-refractivity contribution is 0.626. The molecule has 1 aromatic carbocycles. The predicted octanol–water partition coefficient (Wildman–Crippen LogP) is 4.31. The SMILES string of the molecule is CC1=C(C(=N)N=N)C(c2ccc(F)cc2Cl)N=C(c2nccs2)N1. The van der Waals surface area contributed by atoms with Crippen LogP contribution in [0.15, 0.2) is 51.2 Å². The number of halogens is 2. The highest BCUT2D eigenvalue weighted by Crippen LogP contribution is 2.36. The van der Waals surface area contributed by atoms with Crippen LogP contribution in [0.3, 0.4) is 0 Å². The van der Waals surface area contributed by atoms with Crippen LogP contribution in [0, 0.1) is 16.8 Å². The fourth-order valence-corrected chi connectivity index (χ4v) is 3.30. The molecule has 122 valence electrons. The molecule has 0 amide bonds. The van der Waals surface area contributed by atoms with Gasteiger partial charge in [-0.1, -0.05) is 17.7 Å². The molecule has 1 aliphatic rings. The Labute approximate surface area is 146 Å². The zero-order valence-electron chi connectivity index (χ0n) is 12.5. The van der Waals surface area contributed by atoms with E-state index in [0.29, 0.717) is 27.7 Å². The van der Waals surface area contributed by atoms with E-state index < -0.39 is 11.9 Å². The normalized spacial score (nSPS) is 17.3. The van der Waals surface area contributed by atoms with Crippen LogP contribution in [0.2, 0.25) is 5.02 Å². The van der Waals surface area contributed by atoms with E-state index in [1.54, 1.807) is 13.1 Å². The summed E-state index contributed by atoms with van der Waals surface area (Å²) < 4.78 is 13.4. The first-order valence-electron chi connectivity index (χ1n) is 6.88. The molecule has 9 heteroatoms. The minimum atomic E-state index is -0.667. The van der Waals surface area contributed by atoms with E-state index >= 15 is 0 Å². The average molecular weight is 363 g/mol. The van der Waals surface area contributed by atoms with Crippen LogP contribution in [0.1, 0.15) is 23.5 Å². The molecule has 0 radical (unpaired) electrons. The second kappa shape index (κ2) is 6.58. The van der Waals surface area contributed by atoms with Crippen molar-refractivity contribution in [2.45, 2.75) is 13.0 Å². The molecular weight excluding hydrogens is 351 g/mol. The van der Waals surface area contributed by atoms with Crippen LogP contribution in [0.4, 0.5) is 4.39 Å². The predicted molar refractivity (Wildman–Crippen MR) is 91.5 cm³/mol.